The summed E-state index contributed by atoms with van der Waals surface area (Å²) in [5, 5.41) is 24.3. The number of hydrazine groups is 1. The zero-order valence-corrected chi connectivity index (χ0v) is 19.8. The number of aliphatic carboxylic acids is 1. The van der Waals surface area contributed by atoms with Crippen LogP contribution < -0.4 is 5.43 Å². The van der Waals surface area contributed by atoms with E-state index >= 15 is 0 Å². The lowest BCUT2D eigenvalue weighted by molar-refractivity contribution is -0.148. The van der Waals surface area contributed by atoms with E-state index in [0.717, 1.165) is 0 Å². The topological polar surface area (TPSA) is 116 Å². The summed E-state index contributed by atoms with van der Waals surface area (Å²) in [6, 6.07) is 17.9. The van der Waals surface area contributed by atoms with Gasteiger partial charge in [0.15, 0.2) is 6.10 Å². The molecular weight excluding hydrogens is 508 g/mol. The highest BCUT2D eigenvalue weighted by atomic mass is 35.5. The molecular formula is C26H20ClF2N3O5. The fourth-order valence-corrected chi connectivity index (χ4v) is 3.71. The van der Waals surface area contributed by atoms with Crippen molar-refractivity contribution in [2.24, 2.45) is 0 Å². The molecule has 0 spiro atoms. The van der Waals surface area contributed by atoms with E-state index in [1.54, 1.807) is 30.3 Å². The van der Waals surface area contributed by atoms with Gasteiger partial charge in [0.1, 0.15) is 17.3 Å². The first-order valence-electron chi connectivity index (χ1n) is 10.9. The van der Waals surface area contributed by atoms with Crippen molar-refractivity contribution >= 4 is 23.5 Å². The van der Waals surface area contributed by atoms with E-state index in [1.165, 1.54) is 47.5 Å². The van der Waals surface area contributed by atoms with Crippen molar-refractivity contribution in [3.63, 3.8) is 0 Å². The molecule has 8 nitrogen and oxygen atoms in total. The zero-order chi connectivity index (χ0) is 26.5. The van der Waals surface area contributed by atoms with Gasteiger partial charge in [0.05, 0.1) is 6.54 Å². The normalized spacial score (nSPS) is 11.9. The van der Waals surface area contributed by atoms with Crippen molar-refractivity contribution < 1.29 is 33.1 Å². The van der Waals surface area contributed by atoms with E-state index in [2.05, 4.69) is 10.6 Å². The van der Waals surface area contributed by atoms with Gasteiger partial charge in [-0.05, 0) is 41.5 Å². The van der Waals surface area contributed by atoms with Gasteiger partial charge in [0.25, 0.3) is 0 Å². The maximum absolute atomic E-state index is 14.2. The van der Waals surface area contributed by atoms with Crippen molar-refractivity contribution in [3.05, 3.63) is 101 Å². The molecule has 4 rings (SSSR count). The minimum absolute atomic E-state index is 0.0112. The number of aromatic nitrogens is 1. The summed E-state index contributed by atoms with van der Waals surface area (Å²) < 4.78 is 33.3. The summed E-state index contributed by atoms with van der Waals surface area (Å²) in [4.78, 5) is 24.0. The number of hydrogen-bond donors (Lipinski definition) is 3. The first-order chi connectivity index (χ1) is 17.7. The molecule has 1 heterocycles. The van der Waals surface area contributed by atoms with Gasteiger partial charge in [0, 0.05) is 28.8 Å². The number of amides is 1. The Balaban J connectivity index is 1.51. The average Bonchev–Trinajstić information content (AvgIpc) is 3.36. The number of aliphatic hydroxyl groups is 1. The quantitative estimate of drug-likeness (QED) is 0.274. The van der Waals surface area contributed by atoms with E-state index in [9.17, 15) is 23.5 Å². The molecule has 1 aromatic heterocycles. The number of aliphatic hydroxyl groups excluding tert-OH is 1. The van der Waals surface area contributed by atoms with Gasteiger partial charge >= 0.3 is 11.9 Å². The number of carboxylic acid groups (broad SMARTS) is 1. The molecule has 1 amide bonds. The van der Waals surface area contributed by atoms with Crippen molar-refractivity contribution in [1.29, 1.82) is 0 Å². The maximum atomic E-state index is 14.2. The van der Waals surface area contributed by atoms with Crippen molar-refractivity contribution in [3.8, 4) is 22.4 Å². The Labute approximate surface area is 214 Å². The largest absolute Gasteiger partial charge is 0.479 e. The monoisotopic (exact) mass is 527 g/mol. The summed E-state index contributed by atoms with van der Waals surface area (Å²) in [7, 11) is 0. The third-order valence-electron chi connectivity index (χ3n) is 5.39. The first-order valence-corrected chi connectivity index (χ1v) is 11.3. The molecule has 190 valence electrons. The van der Waals surface area contributed by atoms with Crippen LogP contribution in [0.25, 0.3) is 22.4 Å². The lowest BCUT2D eigenvalue weighted by Gasteiger charge is -2.24. The number of carbonyl (C=O) groups excluding carboxylic acids is 1. The lowest BCUT2D eigenvalue weighted by Crippen LogP contribution is -2.47. The van der Waals surface area contributed by atoms with Gasteiger partial charge in [-0.15, -0.1) is 0 Å². The molecule has 3 aromatic carbocycles. The van der Waals surface area contributed by atoms with Crippen molar-refractivity contribution in [2.75, 3.05) is 6.54 Å². The zero-order valence-electron chi connectivity index (χ0n) is 19.1. The number of hydrogen-bond acceptors (Lipinski definition) is 6. The van der Waals surface area contributed by atoms with E-state index < -0.39 is 36.2 Å². The number of nitrogens with one attached hydrogen (secondary N) is 1. The summed E-state index contributed by atoms with van der Waals surface area (Å²) in [5.41, 5.74) is 4.20. The Kier molecular flexibility index (Phi) is 7.92. The molecule has 0 fully saturated rings. The van der Waals surface area contributed by atoms with Crippen LogP contribution in [-0.2, 0) is 11.3 Å². The molecule has 3 N–H and O–H groups in total. The molecule has 0 saturated carbocycles. The van der Waals surface area contributed by atoms with Crippen LogP contribution in [0.3, 0.4) is 0 Å². The molecule has 0 bridgehead atoms. The smallest absolute Gasteiger partial charge is 0.333 e. The highest BCUT2D eigenvalue weighted by Crippen LogP contribution is 2.27. The molecule has 11 heteroatoms. The van der Waals surface area contributed by atoms with Gasteiger partial charge in [-0.2, -0.15) is 0 Å². The fourth-order valence-electron chi connectivity index (χ4n) is 3.54. The van der Waals surface area contributed by atoms with Crippen LogP contribution in [0.1, 0.15) is 16.1 Å². The van der Waals surface area contributed by atoms with Crippen molar-refractivity contribution in [1.82, 2.24) is 15.6 Å². The lowest BCUT2D eigenvalue weighted by atomic mass is 10.0. The summed E-state index contributed by atoms with van der Waals surface area (Å²) >= 11 is 5.97. The fraction of sp³-hybridized carbons (Fsp3) is 0.115. The maximum Gasteiger partial charge on any atom is 0.333 e. The Morgan fingerprint density at radius 3 is 2.41 bits per heavy atom. The summed E-state index contributed by atoms with van der Waals surface area (Å²) in [5.74, 6) is -3.51. The van der Waals surface area contributed by atoms with E-state index in [-0.39, 0.29) is 23.6 Å². The molecule has 0 aliphatic carbocycles. The Bertz CT molecular complexity index is 1430. The Morgan fingerprint density at radius 1 is 1.00 bits per heavy atom. The number of rotatable bonds is 9. The predicted molar refractivity (Wildman–Crippen MR) is 130 cm³/mol. The Morgan fingerprint density at radius 2 is 1.70 bits per heavy atom. The highest BCUT2D eigenvalue weighted by molar-refractivity contribution is 6.30. The van der Waals surface area contributed by atoms with Crippen LogP contribution in [0.5, 0.6) is 0 Å². The number of carbonyl (C=O) groups is 2. The van der Waals surface area contributed by atoms with Gasteiger partial charge < -0.3 is 14.7 Å². The van der Waals surface area contributed by atoms with E-state index in [0.29, 0.717) is 21.7 Å². The summed E-state index contributed by atoms with van der Waals surface area (Å²) in [6.07, 6.45) is -1.80. The molecule has 4 aromatic rings. The molecule has 37 heavy (non-hydrogen) atoms. The number of carboxylic acids is 1. The standard InChI is InChI=1S/C26H20ClF2N3O5/c27-17-9-10-21(29)19(11-17)16-7-5-15(6-8-16)13-32(14-23(33)26(35)36)30-25(34)24-12-22(31-37-24)18-3-1-2-4-20(18)28/h1-12,23,33H,13-14H2,(H,30,34)(H,35,36). The van der Waals surface area contributed by atoms with Crippen molar-refractivity contribution in [2.45, 2.75) is 12.6 Å². The van der Waals surface area contributed by atoms with E-state index in [1.807, 2.05) is 0 Å². The molecule has 0 aliphatic heterocycles. The second kappa shape index (κ2) is 11.3. The number of benzene rings is 3. The van der Waals surface area contributed by atoms with Gasteiger partial charge in [-0.25, -0.2) is 18.6 Å². The SMILES string of the molecule is O=C(NN(Cc1ccc(-c2cc(Cl)ccc2F)cc1)CC(O)C(=O)O)c1cc(-c2ccccc2F)no1. The number of halogens is 3. The van der Waals surface area contributed by atoms with Crippen LogP contribution >= 0.6 is 11.6 Å². The van der Waals surface area contributed by atoms with Crippen LogP contribution in [0.15, 0.2) is 77.3 Å². The Hall–Kier alpha value is -4.12. The summed E-state index contributed by atoms with van der Waals surface area (Å²) in [6.45, 7) is -0.469. The molecule has 1 atom stereocenters. The van der Waals surface area contributed by atoms with Gasteiger partial charge in [-0.3, -0.25) is 10.2 Å². The van der Waals surface area contributed by atoms with Gasteiger partial charge in [0.2, 0.25) is 5.76 Å². The van der Waals surface area contributed by atoms with Crippen LogP contribution in [-0.4, -0.2) is 44.9 Å². The average molecular weight is 528 g/mol. The second-order valence-electron chi connectivity index (χ2n) is 8.05. The van der Waals surface area contributed by atoms with Gasteiger partial charge in [-0.1, -0.05) is 53.2 Å². The number of nitrogens with zero attached hydrogens (tertiary/aromatic N) is 2. The molecule has 0 saturated heterocycles. The molecule has 0 aliphatic rings. The molecule has 1 unspecified atom stereocenters. The molecule has 0 radical (unpaired) electrons. The minimum atomic E-state index is -1.80. The van der Waals surface area contributed by atoms with Crippen LogP contribution in [0, 0.1) is 11.6 Å². The first kappa shape index (κ1) is 26.0. The van der Waals surface area contributed by atoms with Crippen LogP contribution in [0.2, 0.25) is 5.02 Å². The van der Waals surface area contributed by atoms with E-state index in [4.69, 9.17) is 21.2 Å². The van der Waals surface area contributed by atoms with Crippen LogP contribution in [0.4, 0.5) is 8.78 Å². The predicted octanol–water partition coefficient (Wildman–Crippen LogP) is 4.53. The second-order valence-corrected chi connectivity index (χ2v) is 8.49. The third-order valence-corrected chi connectivity index (χ3v) is 5.62. The third kappa shape index (κ3) is 6.36. The highest BCUT2D eigenvalue weighted by Gasteiger charge is 2.23. The minimum Gasteiger partial charge on any atom is -0.479 e.